The Morgan fingerprint density at radius 2 is 1.91 bits per heavy atom. The van der Waals surface area contributed by atoms with Gasteiger partial charge in [-0.15, -0.1) is 0 Å². The molecule has 1 aliphatic carbocycles. The first-order chi connectivity index (χ1) is 16.1. The summed E-state index contributed by atoms with van der Waals surface area (Å²) in [5.74, 6) is -0.859. The third kappa shape index (κ3) is 4.85. The van der Waals surface area contributed by atoms with Crippen molar-refractivity contribution in [2.75, 3.05) is 6.61 Å². The number of phenols is 1. The molecule has 2 fully saturated rings. The number of aromatic hydroxyl groups is 1. The van der Waals surface area contributed by atoms with E-state index in [9.17, 15) is 19.5 Å². The molecule has 1 saturated carbocycles. The van der Waals surface area contributed by atoms with Crippen molar-refractivity contribution in [3.05, 3.63) is 65.2 Å². The number of hydrogen-bond acceptors (Lipinski definition) is 5. The first-order valence-corrected chi connectivity index (χ1v) is 11.7. The molecule has 3 N–H and O–H groups in total. The van der Waals surface area contributed by atoms with E-state index in [0.717, 1.165) is 18.4 Å². The summed E-state index contributed by atoms with van der Waals surface area (Å²) >= 11 is 0. The number of rotatable bonds is 6. The van der Waals surface area contributed by atoms with Gasteiger partial charge in [-0.2, -0.15) is 0 Å². The zero-order valence-electron chi connectivity index (χ0n) is 19.9. The van der Waals surface area contributed by atoms with Crippen LogP contribution in [0.1, 0.15) is 61.5 Å². The van der Waals surface area contributed by atoms with Crippen LogP contribution in [0, 0.1) is 0 Å². The normalized spacial score (nSPS) is 22.8. The molecule has 3 atom stereocenters. The number of ether oxygens (including phenoxy) is 1. The molecule has 34 heavy (non-hydrogen) atoms. The van der Waals surface area contributed by atoms with Gasteiger partial charge in [0.05, 0.1) is 6.10 Å². The summed E-state index contributed by atoms with van der Waals surface area (Å²) in [6.45, 7) is 6.29. The molecule has 1 aliphatic heterocycles. The summed E-state index contributed by atoms with van der Waals surface area (Å²) in [7, 11) is 0. The Kier molecular flexibility index (Phi) is 6.49. The monoisotopic (exact) mass is 464 g/mol. The molecular weight excluding hydrogens is 432 g/mol. The van der Waals surface area contributed by atoms with Gasteiger partial charge in [0.15, 0.2) is 5.78 Å². The Hall–Kier alpha value is -3.19. The van der Waals surface area contributed by atoms with Gasteiger partial charge in [0.25, 0.3) is 5.91 Å². The summed E-state index contributed by atoms with van der Waals surface area (Å²) in [6, 6.07) is 13.0. The maximum absolute atomic E-state index is 13.4. The third-order valence-corrected chi connectivity index (χ3v) is 6.83. The van der Waals surface area contributed by atoms with Gasteiger partial charge in [-0.1, -0.05) is 45.0 Å². The van der Waals surface area contributed by atoms with Gasteiger partial charge in [-0.05, 0) is 60.1 Å². The quantitative estimate of drug-likeness (QED) is 0.610. The molecule has 2 amide bonds. The Labute approximate surface area is 199 Å². The van der Waals surface area contributed by atoms with Crippen molar-refractivity contribution < 1.29 is 24.2 Å². The first kappa shape index (κ1) is 24.0. The van der Waals surface area contributed by atoms with Crippen LogP contribution in [0.5, 0.6) is 5.75 Å². The summed E-state index contributed by atoms with van der Waals surface area (Å²) in [5.41, 5.74) is 1.17. The average molecular weight is 465 g/mol. The smallest absolute Gasteiger partial charge is 0.251 e. The van der Waals surface area contributed by atoms with Gasteiger partial charge in [-0.3, -0.25) is 14.4 Å². The predicted octanol–water partition coefficient (Wildman–Crippen LogP) is 3.04. The highest BCUT2D eigenvalue weighted by Gasteiger charge is 2.55. The fourth-order valence-corrected chi connectivity index (χ4v) is 4.83. The Morgan fingerprint density at radius 1 is 1.18 bits per heavy atom. The van der Waals surface area contributed by atoms with Crippen LogP contribution >= 0.6 is 0 Å². The summed E-state index contributed by atoms with van der Waals surface area (Å²) < 4.78 is 5.61. The van der Waals surface area contributed by atoms with Crippen molar-refractivity contribution in [2.24, 2.45) is 0 Å². The molecule has 0 spiro atoms. The van der Waals surface area contributed by atoms with E-state index in [1.807, 2.05) is 12.1 Å². The number of hydrogen-bond donors (Lipinski definition) is 3. The molecule has 7 nitrogen and oxygen atoms in total. The molecule has 4 rings (SSSR count). The maximum atomic E-state index is 13.4. The van der Waals surface area contributed by atoms with Crippen LogP contribution in [-0.4, -0.2) is 47.0 Å². The Morgan fingerprint density at radius 3 is 2.59 bits per heavy atom. The van der Waals surface area contributed by atoms with Crippen molar-refractivity contribution in [2.45, 2.75) is 69.6 Å². The molecule has 0 radical (unpaired) electrons. The molecule has 0 bridgehead atoms. The second-order valence-corrected chi connectivity index (χ2v) is 10.3. The number of Topliss-reactive ketones (excluding diaryl/α,β-unsaturated/α-hetero) is 1. The fraction of sp³-hybridized carbons (Fsp3) is 0.444. The van der Waals surface area contributed by atoms with E-state index >= 15 is 0 Å². The number of carbonyl (C=O) groups excluding carboxylic acids is 3. The van der Waals surface area contributed by atoms with Gasteiger partial charge >= 0.3 is 0 Å². The fourth-order valence-electron chi connectivity index (χ4n) is 4.83. The lowest BCUT2D eigenvalue weighted by Crippen LogP contribution is -2.60. The number of benzene rings is 2. The first-order valence-electron chi connectivity index (χ1n) is 11.7. The Bertz CT molecular complexity index is 1090. The maximum Gasteiger partial charge on any atom is 0.251 e. The van der Waals surface area contributed by atoms with Gasteiger partial charge in [0, 0.05) is 12.0 Å². The molecule has 0 aromatic heterocycles. The number of fused-ring (bicyclic) bond motifs is 1. The lowest BCUT2D eigenvalue weighted by molar-refractivity contribution is -0.131. The summed E-state index contributed by atoms with van der Waals surface area (Å²) in [5, 5.41) is 15.6. The van der Waals surface area contributed by atoms with E-state index in [0.29, 0.717) is 17.5 Å². The van der Waals surface area contributed by atoms with Gasteiger partial charge in [0.1, 0.15) is 23.9 Å². The minimum Gasteiger partial charge on any atom is -0.508 e. The van der Waals surface area contributed by atoms with E-state index < -0.39 is 17.5 Å². The molecule has 2 aromatic carbocycles. The Balaban J connectivity index is 1.56. The van der Waals surface area contributed by atoms with Crippen molar-refractivity contribution in [3.8, 4) is 5.75 Å². The van der Waals surface area contributed by atoms with Crippen LogP contribution in [0.25, 0.3) is 0 Å². The predicted molar refractivity (Wildman–Crippen MR) is 128 cm³/mol. The van der Waals surface area contributed by atoms with Crippen LogP contribution < -0.4 is 10.6 Å². The molecule has 1 saturated heterocycles. The van der Waals surface area contributed by atoms with Crippen LogP contribution in [0.4, 0.5) is 0 Å². The van der Waals surface area contributed by atoms with E-state index in [1.54, 1.807) is 36.4 Å². The molecule has 3 unspecified atom stereocenters. The van der Waals surface area contributed by atoms with Crippen LogP contribution in [-0.2, 0) is 26.2 Å². The number of ketones is 1. The zero-order valence-corrected chi connectivity index (χ0v) is 19.9. The van der Waals surface area contributed by atoms with Crippen molar-refractivity contribution >= 4 is 17.6 Å². The molecule has 2 aromatic rings. The van der Waals surface area contributed by atoms with E-state index in [4.69, 9.17) is 4.74 Å². The van der Waals surface area contributed by atoms with Crippen LogP contribution in [0.15, 0.2) is 48.5 Å². The van der Waals surface area contributed by atoms with Crippen molar-refractivity contribution in [1.82, 2.24) is 10.6 Å². The van der Waals surface area contributed by atoms with Crippen LogP contribution in [0.2, 0.25) is 0 Å². The van der Waals surface area contributed by atoms with Crippen molar-refractivity contribution in [1.29, 1.82) is 0 Å². The summed E-state index contributed by atoms with van der Waals surface area (Å²) in [4.78, 5) is 39.1. The zero-order chi connectivity index (χ0) is 24.5. The highest BCUT2D eigenvalue weighted by Crippen LogP contribution is 2.38. The minimum absolute atomic E-state index is 0.00530. The summed E-state index contributed by atoms with van der Waals surface area (Å²) in [6.07, 6.45) is 1.88. The molecule has 7 heteroatoms. The van der Waals surface area contributed by atoms with E-state index in [2.05, 4.69) is 31.4 Å². The molecule has 1 heterocycles. The van der Waals surface area contributed by atoms with Gasteiger partial charge < -0.3 is 20.5 Å². The van der Waals surface area contributed by atoms with E-state index in [-0.39, 0.29) is 42.0 Å². The lowest BCUT2D eigenvalue weighted by atomic mass is 9.86. The van der Waals surface area contributed by atoms with Gasteiger partial charge in [-0.25, -0.2) is 0 Å². The minimum atomic E-state index is -1.02. The van der Waals surface area contributed by atoms with Crippen molar-refractivity contribution in [3.63, 3.8) is 0 Å². The largest absolute Gasteiger partial charge is 0.508 e. The van der Waals surface area contributed by atoms with Gasteiger partial charge in [0.2, 0.25) is 5.91 Å². The van der Waals surface area contributed by atoms with E-state index in [1.165, 1.54) is 0 Å². The topological polar surface area (TPSA) is 105 Å². The number of nitrogens with one attached hydrogen (secondary N) is 2. The third-order valence-electron chi connectivity index (χ3n) is 6.83. The number of amides is 2. The molecule has 180 valence electrons. The SMILES string of the molecule is CC(C)(C)c1ccc(C(=O)NC(Cc2cccc(O)c2)C(=O)NC23CCCC2OCC3=O)cc1. The second kappa shape index (κ2) is 9.22. The lowest BCUT2D eigenvalue weighted by Gasteiger charge is -2.30. The van der Waals surface area contributed by atoms with Crippen LogP contribution in [0.3, 0.4) is 0 Å². The molecule has 2 aliphatic rings. The highest BCUT2D eigenvalue weighted by molar-refractivity contribution is 6.00. The average Bonchev–Trinajstić information content (AvgIpc) is 3.32. The standard InChI is InChI=1S/C27H32N2O5/c1-26(2,3)19-11-9-18(10-12-19)24(32)28-21(15-17-6-4-7-20(30)14-17)25(33)29-27-13-5-8-23(27)34-16-22(27)31/h4,6-7,9-12,14,21,23,30H,5,8,13,15-16H2,1-3H3,(H,28,32)(H,29,33). The number of carbonyl (C=O) groups is 3. The second-order valence-electron chi connectivity index (χ2n) is 10.3. The molecular formula is C27H32N2O5. The number of phenolic OH excluding ortho intramolecular Hbond substituents is 1. The highest BCUT2D eigenvalue weighted by atomic mass is 16.5.